The molecule has 28 heavy (non-hydrogen) atoms. The molecule has 0 unspecified atom stereocenters. The Morgan fingerprint density at radius 1 is 0.929 bits per heavy atom. The third-order valence-electron chi connectivity index (χ3n) is 5.61. The molecule has 4 rings (SSSR count). The quantitative estimate of drug-likeness (QED) is 0.690. The van der Waals surface area contributed by atoms with Crippen LogP contribution in [-0.2, 0) is 30.3 Å². The number of imide groups is 1. The van der Waals surface area contributed by atoms with Gasteiger partial charge in [0.05, 0.1) is 6.61 Å². The van der Waals surface area contributed by atoms with Gasteiger partial charge in [0.15, 0.2) is 6.10 Å². The van der Waals surface area contributed by atoms with Crippen LogP contribution in [0.25, 0.3) is 0 Å². The van der Waals surface area contributed by atoms with Crippen molar-refractivity contribution < 1.29 is 23.9 Å². The number of carbonyl (C=O) groups is 4. The van der Waals surface area contributed by atoms with Gasteiger partial charge in [-0.2, -0.15) is 0 Å². The summed E-state index contributed by atoms with van der Waals surface area (Å²) in [6.45, 7) is 1.90. The molecule has 8 heteroatoms. The third kappa shape index (κ3) is 3.52. The number of hydrogen-bond donors (Lipinski definition) is 0. The van der Waals surface area contributed by atoms with Crippen LogP contribution in [0.3, 0.4) is 0 Å². The first-order chi connectivity index (χ1) is 13.5. The second kappa shape index (κ2) is 7.71. The first-order valence-electron chi connectivity index (χ1n) is 9.64. The Hall–Kier alpha value is -2.74. The van der Waals surface area contributed by atoms with Gasteiger partial charge in [0.1, 0.15) is 6.54 Å². The van der Waals surface area contributed by atoms with E-state index in [1.807, 2.05) is 24.3 Å². The highest BCUT2D eigenvalue weighted by molar-refractivity contribution is 6.04. The van der Waals surface area contributed by atoms with Crippen LogP contribution in [-0.4, -0.2) is 77.7 Å². The van der Waals surface area contributed by atoms with Crippen molar-refractivity contribution in [2.75, 3.05) is 39.3 Å². The molecule has 0 aliphatic carbocycles. The van der Waals surface area contributed by atoms with Crippen LogP contribution >= 0.6 is 0 Å². The Kier molecular flexibility index (Phi) is 5.13. The summed E-state index contributed by atoms with van der Waals surface area (Å²) in [5.41, 5.74) is 2.06. The number of ether oxygens (including phenoxy) is 1. The summed E-state index contributed by atoms with van der Waals surface area (Å²) in [7, 11) is 0. The van der Waals surface area contributed by atoms with Crippen molar-refractivity contribution in [2.45, 2.75) is 25.4 Å². The van der Waals surface area contributed by atoms with Crippen molar-refractivity contribution >= 4 is 23.6 Å². The number of amides is 4. The molecule has 0 bridgehead atoms. The van der Waals surface area contributed by atoms with Crippen molar-refractivity contribution in [3.8, 4) is 0 Å². The Balaban J connectivity index is 1.34. The van der Waals surface area contributed by atoms with Crippen LogP contribution < -0.4 is 0 Å². The lowest BCUT2D eigenvalue weighted by Gasteiger charge is -2.37. The summed E-state index contributed by atoms with van der Waals surface area (Å²) in [5, 5.41) is 0. The van der Waals surface area contributed by atoms with Gasteiger partial charge in [-0.1, -0.05) is 24.3 Å². The molecule has 0 N–H and O–H groups in total. The van der Waals surface area contributed by atoms with Gasteiger partial charge >= 0.3 is 0 Å². The fourth-order valence-corrected chi connectivity index (χ4v) is 3.98. The predicted molar refractivity (Wildman–Crippen MR) is 98.0 cm³/mol. The van der Waals surface area contributed by atoms with E-state index in [4.69, 9.17) is 4.74 Å². The van der Waals surface area contributed by atoms with E-state index in [0.29, 0.717) is 32.8 Å². The Morgan fingerprint density at radius 3 is 2.29 bits per heavy atom. The van der Waals surface area contributed by atoms with Gasteiger partial charge < -0.3 is 14.5 Å². The van der Waals surface area contributed by atoms with Crippen LogP contribution in [0.5, 0.6) is 0 Å². The molecule has 0 aromatic heterocycles. The first kappa shape index (κ1) is 18.6. The van der Waals surface area contributed by atoms with Crippen LogP contribution in [0.1, 0.15) is 30.1 Å². The molecule has 8 nitrogen and oxygen atoms in total. The van der Waals surface area contributed by atoms with E-state index in [-0.39, 0.29) is 43.0 Å². The molecule has 4 amide bonds. The number of benzene rings is 1. The van der Waals surface area contributed by atoms with Crippen LogP contribution in [0.2, 0.25) is 0 Å². The molecule has 0 spiro atoms. The van der Waals surface area contributed by atoms with Crippen molar-refractivity contribution in [2.24, 2.45) is 0 Å². The second-order valence-corrected chi connectivity index (χ2v) is 7.28. The average molecular weight is 385 g/mol. The SMILES string of the molecule is O=C(CN1C(=O)CCC1=O)N1CCN(C(=O)[C@H]2OCCc3ccccc32)CC1. The average Bonchev–Trinajstić information content (AvgIpc) is 3.05. The number of likely N-dealkylation sites (tertiary alicyclic amines) is 1. The van der Waals surface area contributed by atoms with Crippen molar-refractivity contribution in [3.05, 3.63) is 35.4 Å². The smallest absolute Gasteiger partial charge is 0.256 e. The van der Waals surface area contributed by atoms with Crippen molar-refractivity contribution in [1.29, 1.82) is 0 Å². The molecule has 3 heterocycles. The van der Waals surface area contributed by atoms with E-state index in [1.165, 1.54) is 0 Å². The van der Waals surface area contributed by atoms with Gasteiger partial charge in [-0.15, -0.1) is 0 Å². The van der Waals surface area contributed by atoms with Crippen molar-refractivity contribution in [1.82, 2.24) is 14.7 Å². The number of nitrogens with zero attached hydrogens (tertiary/aromatic N) is 3. The molecule has 0 radical (unpaired) electrons. The highest BCUT2D eigenvalue weighted by atomic mass is 16.5. The summed E-state index contributed by atoms with van der Waals surface area (Å²) >= 11 is 0. The number of rotatable bonds is 3. The highest BCUT2D eigenvalue weighted by Crippen LogP contribution is 2.29. The maximum absolute atomic E-state index is 13.0. The number of piperazine rings is 1. The number of carbonyl (C=O) groups excluding carboxylic acids is 4. The van der Waals surface area contributed by atoms with E-state index in [1.54, 1.807) is 9.80 Å². The minimum atomic E-state index is -0.591. The summed E-state index contributed by atoms with van der Waals surface area (Å²) in [6.07, 6.45) is 0.567. The van der Waals surface area contributed by atoms with Crippen LogP contribution in [0.15, 0.2) is 24.3 Å². The normalized spacial score (nSPS) is 22.4. The van der Waals surface area contributed by atoms with Gasteiger partial charge in [-0.25, -0.2) is 0 Å². The number of hydrogen-bond acceptors (Lipinski definition) is 5. The van der Waals surface area contributed by atoms with E-state index in [9.17, 15) is 19.2 Å². The highest BCUT2D eigenvalue weighted by Gasteiger charge is 2.35. The molecule has 1 aromatic rings. The fourth-order valence-electron chi connectivity index (χ4n) is 3.98. The lowest BCUT2D eigenvalue weighted by atomic mass is 9.96. The molecular formula is C20H23N3O5. The largest absolute Gasteiger partial charge is 0.363 e. The Labute approximate surface area is 163 Å². The first-order valence-corrected chi connectivity index (χ1v) is 9.64. The van der Waals surface area contributed by atoms with Crippen LogP contribution in [0, 0.1) is 0 Å². The van der Waals surface area contributed by atoms with Gasteiger partial charge in [0.25, 0.3) is 5.91 Å². The summed E-state index contributed by atoms with van der Waals surface area (Å²) in [4.78, 5) is 53.1. The topological polar surface area (TPSA) is 87.2 Å². The van der Waals surface area contributed by atoms with E-state index < -0.39 is 6.10 Å². The zero-order chi connectivity index (χ0) is 19.7. The molecule has 0 saturated carbocycles. The summed E-state index contributed by atoms with van der Waals surface area (Å²) in [5.74, 6) is -0.917. The minimum Gasteiger partial charge on any atom is -0.363 e. The molecule has 3 aliphatic rings. The lowest BCUT2D eigenvalue weighted by Crippen LogP contribution is -2.54. The molecule has 2 saturated heterocycles. The number of fused-ring (bicyclic) bond motifs is 1. The molecule has 148 valence electrons. The van der Waals surface area contributed by atoms with Crippen LogP contribution in [0.4, 0.5) is 0 Å². The zero-order valence-corrected chi connectivity index (χ0v) is 15.6. The van der Waals surface area contributed by atoms with E-state index in [2.05, 4.69) is 0 Å². The zero-order valence-electron chi connectivity index (χ0n) is 15.6. The molecule has 1 aromatic carbocycles. The standard InChI is InChI=1S/C20H23N3O5/c24-16-5-6-17(25)23(16)13-18(26)21-8-10-22(11-9-21)20(27)19-15-4-2-1-3-14(15)7-12-28-19/h1-4,19H,5-13H2/t19-/m0/s1. The summed E-state index contributed by atoms with van der Waals surface area (Å²) < 4.78 is 5.75. The molecule has 1 atom stereocenters. The van der Waals surface area contributed by atoms with Gasteiger partial charge in [-0.05, 0) is 17.5 Å². The molecule has 2 fully saturated rings. The minimum absolute atomic E-state index is 0.0795. The Morgan fingerprint density at radius 2 is 1.57 bits per heavy atom. The maximum atomic E-state index is 13.0. The van der Waals surface area contributed by atoms with Gasteiger partial charge in [-0.3, -0.25) is 24.1 Å². The van der Waals surface area contributed by atoms with E-state index in [0.717, 1.165) is 22.4 Å². The monoisotopic (exact) mass is 385 g/mol. The van der Waals surface area contributed by atoms with Gasteiger partial charge in [0, 0.05) is 39.0 Å². The third-order valence-corrected chi connectivity index (χ3v) is 5.61. The van der Waals surface area contributed by atoms with Gasteiger partial charge in [0.2, 0.25) is 17.7 Å². The lowest BCUT2D eigenvalue weighted by molar-refractivity contribution is -0.150. The van der Waals surface area contributed by atoms with Crippen molar-refractivity contribution in [3.63, 3.8) is 0 Å². The fraction of sp³-hybridized carbons (Fsp3) is 0.500. The predicted octanol–water partition coefficient (Wildman–Crippen LogP) is 0.120. The molecule has 3 aliphatic heterocycles. The maximum Gasteiger partial charge on any atom is 0.256 e. The second-order valence-electron chi connectivity index (χ2n) is 7.28. The molecular weight excluding hydrogens is 362 g/mol. The van der Waals surface area contributed by atoms with E-state index >= 15 is 0 Å². The Bertz CT molecular complexity index is 800. The summed E-state index contributed by atoms with van der Waals surface area (Å²) in [6, 6.07) is 7.83.